The molecule has 0 saturated heterocycles. The van der Waals surface area contributed by atoms with Crippen molar-refractivity contribution in [2.45, 2.75) is 103 Å². The van der Waals surface area contributed by atoms with E-state index >= 15 is 0 Å². The van der Waals surface area contributed by atoms with Crippen LogP contribution in [0, 0.1) is 10.8 Å². The van der Waals surface area contributed by atoms with Crippen molar-refractivity contribution in [2.24, 2.45) is 10.8 Å². The second kappa shape index (κ2) is 14.0. The molecular weight excluding hydrogens is 496 g/mol. The largest absolute Gasteiger partial charge is 0.379 e. The highest BCUT2D eigenvalue weighted by Crippen LogP contribution is 2.27. The molecule has 0 aliphatic carbocycles. The van der Waals surface area contributed by atoms with Crippen LogP contribution in [0.1, 0.15) is 67.2 Å². The fourth-order valence-corrected chi connectivity index (χ4v) is 4.66. The average Bonchev–Trinajstić information content (AvgIpc) is 3.25. The van der Waals surface area contributed by atoms with E-state index in [2.05, 4.69) is 53.0 Å². The summed E-state index contributed by atoms with van der Waals surface area (Å²) in [6.45, 7) is 17.8. The number of rotatable bonds is 17. The van der Waals surface area contributed by atoms with Crippen molar-refractivity contribution in [1.29, 1.82) is 0 Å². The lowest BCUT2D eigenvalue weighted by molar-refractivity contribution is 0.0268. The van der Waals surface area contributed by atoms with Crippen LogP contribution in [0.15, 0.2) is 32.0 Å². The fourth-order valence-electron chi connectivity index (χ4n) is 4.01. The number of thiol groups is 2. The van der Waals surface area contributed by atoms with Crippen molar-refractivity contribution in [3.8, 4) is 0 Å². The molecule has 0 fully saturated rings. The zero-order chi connectivity index (χ0) is 26.9. The van der Waals surface area contributed by atoms with Crippen molar-refractivity contribution in [3.05, 3.63) is 33.4 Å². The maximum absolute atomic E-state index is 12.3. The Hall–Kier alpha value is -1.36. The second-order valence-corrected chi connectivity index (χ2v) is 11.9. The molecule has 8 nitrogen and oxygen atoms in total. The van der Waals surface area contributed by atoms with Gasteiger partial charge in [0.2, 0.25) is 0 Å². The molecule has 0 aliphatic heterocycles. The standard InChI is InChI=1S/C26H46N4O4S2/c1-7-27-19-21(35)29(23(27)31)13-9-25(3,4)11-15-33-17-18-34-16-12-26(5,6)10-14-30-22(36)20-28(8-2)24(30)32/h19-20,35-36H,7-18H2,1-6H3. The molecule has 0 radical (unpaired) electrons. The Morgan fingerprint density at radius 3 is 1.33 bits per heavy atom. The third kappa shape index (κ3) is 9.19. The Kier molecular flexibility index (Phi) is 12.0. The highest BCUT2D eigenvalue weighted by Gasteiger charge is 2.20. The van der Waals surface area contributed by atoms with Crippen molar-refractivity contribution in [3.63, 3.8) is 0 Å². The summed E-state index contributed by atoms with van der Waals surface area (Å²) in [6, 6.07) is 0. The minimum Gasteiger partial charge on any atom is -0.379 e. The monoisotopic (exact) mass is 542 g/mol. The van der Waals surface area contributed by atoms with Gasteiger partial charge in [-0.05, 0) is 50.4 Å². The van der Waals surface area contributed by atoms with Crippen LogP contribution in [0.5, 0.6) is 0 Å². The maximum Gasteiger partial charge on any atom is 0.329 e. The molecule has 0 saturated carbocycles. The summed E-state index contributed by atoms with van der Waals surface area (Å²) in [5, 5.41) is 1.43. The van der Waals surface area contributed by atoms with E-state index in [1.54, 1.807) is 30.7 Å². The molecule has 206 valence electrons. The maximum atomic E-state index is 12.3. The molecule has 2 heterocycles. The van der Waals surface area contributed by atoms with Crippen LogP contribution < -0.4 is 11.4 Å². The van der Waals surface area contributed by atoms with Crippen LogP contribution in [0.4, 0.5) is 0 Å². The first-order chi connectivity index (χ1) is 16.9. The molecule has 0 bridgehead atoms. The van der Waals surface area contributed by atoms with Crippen LogP contribution in [-0.4, -0.2) is 44.7 Å². The molecule has 0 aliphatic rings. The van der Waals surface area contributed by atoms with Crippen molar-refractivity contribution < 1.29 is 9.47 Å². The molecule has 2 aromatic heterocycles. The van der Waals surface area contributed by atoms with E-state index in [0.29, 0.717) is 62.7 Å². The first-order valence-corrected chi connectivity index (χ1v) is 13.9. The van der Waals surface area contributed by atoms with Crippen LogP contribution in [0.3, 0.4) is 0 Å². The molecule has 0 unspecified atom stereocenters. The van der Waals surface area contributed by atoms with Gasteiger partial charge in [-0.3, -0.25) is 18.3 Å². The van der Waals surface area contributed by atoms with Crippen LogP contribution in [0.25, 0.3) is 0 Å². The molecule has 0 amide bonds. The summed E-state index contributed by atoms with van der Waals surface area (Å²) in [7, 11) is 0. The Morgan fingerprint density at radius 1 is 0.667 bits per heavy atom. The molecule has 0 spiro atoms. The van der Waals surface area contributed by atoms with Gasteiger partial charge in [0.1, 0.15) is 0 Å². The molecule has 0 N–H and O–H groups in total. The predicted molar refractivity (Wildman–Crippen MR) is 151 cm³/mol. The number of ether oxygens (including phenoxy) is 2. The Bertz CT molecular complexity index is 981. The number of imidazole rings is 2. The van der Waals surface area contributed by atoms with Gasteiger partial charge in [-0.15, -0.1) is 25.3 Å². The SMILES string of the molecule is CCn1cc(S)n(CCC(C)(C)CCOCCOCCC(C)(C)CCn2c(S)cn(CC)c2=O)c1=O. The number of aryl methyl sites for hydroxylation is 2. The van der Waals surface area contributed by atoms with Gasteiger partial charge in [-0.25, -0.2) is 9.59 Å². The van der Waals surface area contributed by atoms with Gasteiger partial charge in [-0.1, -0.05) is 27.7 Å². The molecular formula is C26H46N4O4S2. The molecule has 2 aromatic rings. The lowest BCUT2D eigenvalue weighted by Gasteiger charge is -2.25. The molecule has 2 rings (SSSR count). The van der Waals surface area contributed by atoms with E-state index in [-0.39, 0.29) is 22.2 Å². The minimum absolute atomic E-state index is 0.00541. The quantitative estimate of drug-likeness (QED) is 0.227. The van der Waals surface area contributed by atoms with Crippen LogP contribution in [0.2, 0.25) is 0 Å². The summed E-state index contributed by atoms with van der Waals surface area (Å²) >= 11 is 8.89. The summed E-state index contributed by atoms with van der Waals surface area (Å²) in [5.74, 6) is 0. The second-order valence-electron chi connectivity index (χ2n) is 11.0. The van der Waals surface area contributed by atoms with E-state index < -0.39 is 0 Å². The number of nitrogens with zero attached hydrogens (tertiary/aromatic N) is 4. The van der Waals surface area contributed by atoms with Crippen molar-refractivity contribution in [2.75, 3.05) is 26.4 Å². The minimum atomic E-state index is 0.00541. The zero-order valence-corrected chi connectivity index (χ0v) is 24.7. The Balaban J connectivity index is 1.59. The lowest BCUT2D eigenvalue weighted by Crippen LogP contribution is -2.27. The number of hydrogen-bond donors (Lipinski definition) is 2. The smallest absolute Gasteiger partial charge is 0.329 e. The van der Waals surface area contributed by atoms with Crippen molar-refractivity contribution in [1.82, 2.24) is 18.3 Å². The van der Waals surface area contributed by atoms with Gasteiger partial charge in [0.05, 0.1) is 23.3 Å². The normalized spacial score (nSPS) is 12.6. The van der Waals surface area contributed by atoms with Gasteiger partial charge in [0, 0.05) is 51.8 Å². The van der Waals surface area contributed by atoms with Gasteiger partial charge in [0.25, 0.3) is 0 Å². The van der Waals surface area contributed by atoms with E-state index in [0.717, 1.165) is 25.7 Å². The Morgan fingerprint density at radius 2 is 1.03 bits per heavy atom. The van der Waals surface area contributed by atoms with Crippen LogP contribution >= 0.6 is 25.3 Å². The van der Waals surface area contributed by atoms with E-state index in [9.17, 15) is 9.59 Å². The van der Waals surface area contributed by atoms with Gasteiger partial charge in [-0.2, -0.15) is 0 Å². The summed E-state index contributed by atoms with van der Waals surface area (Å²) < 4.78 is 18.5. The van der Waals surface area contributed by atoms with Gasteiger partial charge < -0.3 is 9.47 Å². The van der Waals surface area contributed by atoms with E-state index in [1.165, 1.54) is 0 Å². The van der Waals surface area contributed by atoms with Crippen LogP contribution in [-0.2, 0) is 35.7 Å². The third-order valence-corrected chi connectivity index (χ3v) is 7.69. The first kappa shape index (κ1) is 30.9. The molecule has 10 heteroatoms. The van der Waals surface area contributed by atoms with E-state index in [1.807, 2.05) is 13.8 Å². The predicted octanol–water partition coefficient (Wildman–Crippen LogP) is 4.58. The van der Waals surface area contributed by atoms with Crippen molar-refractivity contribution >= 4 is 25.3 Å². The van der Waals surface area contributed by atoms with Gasteiger partial charge in [0.15, 0.2) is 0 Å². The topological polar surface area (TPSA) is 72.3 Å². The molecule has 0 atom stereocenters. The lowest BCUT2D eigenvalue weighted by atomic mass is 9.86. The Labute approximate surface area is 226 Å². The van der Waals surface area contributed by atoms with E-state index in [4.69, 9.17) is 9.47 Å². The zero-order valence-electron chi connectivity index (χ0n) is 23.0. The first-order valence-electron chi connectivity index (χ1n) is 13.0. The number of hydrogen-bond acceptors (Lipinski definition) is 6. The summed E-state index contributed by atoms with van der Waals surface area (Å²) in [5.41, 5.74) is 0.133. The third-order valence-electron chi connectivity index (χ3n) is 6.97. The van der Waals surface area contributed by atoms with Gasteiger partial charge >= 0.3 is 11.4 Å². The molecule has 0 aromatic carbocycles. The summed E-state index contributed by atoms with van der Waals surface area (Å²) in [6.07, 6.45) is 7.19. The highest BCUT2D eigenvalue weighted by molar-refractivity contribution is 7.80. The number of aromatic nitrogens is 4. The highest BCUT2D eigenvalue weighted by atomic mass is 32.1. The fraction of sp³-hybridized carbons (Fsp3) is 0.769. The average molecular weight is 543 g/mol. The summed E-state index contributed by atoms with van der Waals surface area (Å²) in [4.78, 5) is 24.7. The molecule has 36 heavy (non-hydrogen) atoms.